The van der Waals surface area contributed by atoms with Crippen LogP contribution in [0.3, 0.4) is 0 Å². The van der Waals surface area contributed by atoms with Crippen molar-refractivity contribution in [2.45, 2.75) is 19.3 Å². The molecular formula is C20H21F3N2O2. The van der Waals surface area contributed by atoms with Crippen LogP contribution in [-0.4, -0.2) is 37.1 Å². The lowest BCUT2D eigenvalue weighted by Crippen LogP contribution is -2.35. The summed E-state index contributed by atoms with van der Waals surface area (Å²) in [6, 6.07) is 12.5. The molecule has 0 bridgehead atoms. The first-order valence-electron chi connectivity index (χ1n) is 8.76. The lowest BCUT2D eigenvalue weighted by Gasteiger charge is -2.26. The van der Waals surface area contributed by atoms with Crippen LogP contribution in [0.1, 0.15) is 27.0 Å². The second kappa shape index (κ2) is 8.54. The van der Waals surface area contributed by atoms with Gasteiger partial charge in [-0.25, -0.2) is 0 Å². The first kappa shape index (κ1) is 19.4. The van der Waals surface area contributed by atoms with Crippen molar-refractivity contribution in [1.29, 1.82) is 0 Å². The maximum atomic E-state index is 13.0. The summed E-state index contributed by atoms with van der Waals surface area (Å²) < 4.78 is 44.4. The number of ether oxygens (including phenoxy) is 1. The molecule has 1 aliphatic rings. The zero-order valence-electron chi connectivity index (χ0n) is 14.8. The van der Waals surface area contributed by atoms with Crippen molar-refractivity contribution >= 4 is 5.91 Å². The molecule has 144 valence electrons. The average molecular weight is 378 g/mol. The fraction of sp³-hybridized carbons (Fsp3) is 0.350. The SMILES string of the molecule is O=C(NCc1ccc(CN2CCOCC2)cc1)c1ccccc1C(F)(F)F. The second-order valence-electron chi connectivity index (χ2n) is 6.43. The van der Waals surface area contributed by atoms with Crippen molar-refractivity contribution < 1.29 is 22.7 Å². The molecule has 0 atom stereocenters. The number of morpholine rings is 1. The highest BCUT2D eigenvalue weighted by Crippen LogP contribution is 2.31. The molecule has 1 fully saturated rings. The van der Waals surface area contributed by atoms with Crippen molar-refractivity contribution in [2.75, 3.05) is 26.3 Å². The highest BCUT2D eigenvalue weighted by molar-refractivity contribution is 5.95. The Hall–Kier alpha value is -2.38. The number of rotatable bonds is 5. The van der Waals surface area contributed by atoms with Crippen LogP contribution in [-0.2, 0) is 24.0 Å². The zero-order valence-corrected chi connectivity index (χ0v) is 14.8. The van der Waals surface area contributed by atoms with Crippen molar-refractivity contribution in [3.63, 3.8) is 0 Å². The highest BCUT2D eigenvalue weighted by atomic mass is 19.4. The van der Waals surface area contributed by atoms with E-state index in [4.69, 9.17) is 4.74 Å². The predicted molar refractivity (Wildman–Crippen MR) is 95.2 cm³/mol. The standard InChI is InChI=1S/C20H21F3N2O2/c21-20(22,23)18-4-2-1-3-17(18)19(26)24-13-15-5-7-16(8-6-15)14-25-9-11-27-12-10-25/h1-8H,9-14H2,(H,24,26). The first-order chi connectivity index (χ1) is 12.9. The third-order valence-corrected chi connectivity index (χ3v) is 4.46. The summed E-state index contributed by atoms with van der Waals surface area (Å²) in [6.45, 7) is 4.28. The summed E-state index contributed by atoms with van der Waals surface area (Å²) >= 11 is 0. The van der Waals surface area contributed by atoms with E-state index in [1.165, 1.54) is 18.2 Å². The largest absolute Gasteiger partial charge is 0.417 e. The number of hydrogen-bond donors (Lipinski definition) is 1. The molecule has 0 unspecified atom stereocenters. The minimum absolute atomic E-state index is 0.170. The van der Waals surface area contributed by atoms with Gasteiger partial charge in [0.15, 0.2) is 0 Å². The van der Waals surface area contributed by atoms with Gasteiger partial charge in [-0.1, -0.05) is 36.4 Å². The molecule has 3 rings (SSSR count). The van der Waals surface area contributed by atoms with E-state index in [-0.39, 0.29) is 12.1 Å². The number of nitrogens with zero attached hydrogens (tertiary/aromatic N) is 1. The first-order valence-corrected chi connectivity index (χ1v) is 8.76. The summed E-state index contributed by atoms with van der Waals surface area (Å²) in [5, 5.41) is 2.56. The topological polar surface area (TPSA) is 41.6 Å². The molecule has 0 saturated carbocycles. The van der Waals surface area contributed by atoms with E-state index in [0.29, 0.717) is 0 Å². The number of nitrogens with one attached hydrogen (secondary N) is 1. The number of halogens is 3. The average Bonchev–Trinajstić information content (AvgIpc) is 2.67. The molecular weight excluding hydrogens is 357 g/mol. The number of carbonyl (C=O) groups is 1. The van der Waals surface area contributed by atoms with Gasteiger partial charge in [-0.15, -0.1) is 0 Å². The van der Waals surface area contributed by atoms with Crippen LogP contribution in [0.5, 0.6) is 0 Å². The van der Waals surface area contributed by atoms with Crippen molar-refractivity contribution in [2.24, 2.45) is 0 Å². The van der Waals surface area contributed by atoms with Crippen molar-refractivity contribution in [3.05, 3.63) is 70.8 Å². The molecule has 0 aliphatic carbocycles. The Kier molecular flexibility index (Phi) is 6.13. The lowest BCUT2D eigenvalue weighted by molar-refractivity contribution is -0.137. The van der Waals surface area contributed by atoms with E-state index < -0.39 is 17.6 Å². The summed E-state index contributed by atoms with van der Waals surface area (Å²) in [7, 11) is 0. The minimum atomic E-state index is -4.56. The van der Waals surface area contributed by atoms with E-state index >= 15 is 0 Å². The van der Waals surface area contributed by atoms with Gasteiger partial charge in [0.25, 0.3) is 5.91 Å². The number of alkyl halides is 3. The third-order valence-electron chi connectivity index (χ3n) is 4.46. The van der Waals surface area contributed by atoms with E-state index in [1.807, 2.05) is 24.3 Å². The molecule has 2 aromatic carbocycles. The quantitative estimate of drug-likeness (QED) is 0.866. The van der Waals surface area contributed by atoms with Gasteiger partial charge >= 0.3 is 6.18 Å². The third kappa shape index (κ3) is 5.30. The molecule has 2 aromatic rings. The number of amides is 1. The molecule has 0 spiro atoms. The molecule has 0 aromatic heterocycles. The van der Waals surface area contributed by atoms with E-state index in [9.17, 15) is 18.0 Å². The van der Waals surface area contributed by atoms with Gasteiger partial charge in [0.2, 0.25) is 0 Å². The molecule has 4 nitrogen and oxygen atoms in total. The Morgan fingerprint density at radius 1 is 1.00 bits per heavy atom. The van der Waals surface area contributed by atoms with E-state index in [1.54, 1.807) is 0 Å². The number of hydrogen-bond acceptors (Lipinski definition) is 3. The van der Waals surface area contributed by atoms with E-state index in [2.05, 4.69) is 10.2 Å². The maximum absolute atomic E-state index is 13.0. The fourth-order valence-corrected chi connectivity index (χ4v) is 2.99. The molecule has 1 aliphatic heterocycles. The molecule has 0 radical (unpaired) electrons. The van der Waals surface area contributed by atoms with Gasteiger partial charge in [0.05, 0.1) is 24.3 Å². The molecule has 1 heterocycles. The summed E-state index contributed by atoms with van der Waals surface area (Å²) in [5.41, 5.74) is 0.685. The van der Waals surface area contributed by atoms with Crippen LogP contribution in [0.15, 0.2) is 48.5 Å². The van der Waals surface area contributed by atoms with Gasteiger partial charge in [-0.3, -0.25) is 9.69 Å². The summed E-state index contributed by atoms with van der Waals surface area (Å²) in [6.07, 6.45) is -4.56. The highest BCUT2D eigenvalue weighted by Gasteiger charge is 2.34. The van der Waals surface area contributed by atoms with Crippen molar-refractivity contribution in [3.8, 4) is 0 Å². The monoisotopic (exact) mass is 378 g/mol. The van der Waals surface area contributed by atoms with Gasteiger partial charge in [-0.2, -0.15) is 13.2 Å². The summed E-state index contributed by atoms with van der Waals surface area (Å²) in [5.74, 6) is -0.736. The van der Waals surface area contributed by atoms with Gasteiger partial charge in [0.1, 0.15) is 0 Å². The van der Waals surface area contributed by atoms with Crippen LogP contribution in [0, 0.1) is 0 Å². The summed E-state index contributed by atoms with van der Waals surface area (Å²) in [4.78, 5) is 14.5. The number of benzene rings is 2. The Morgan fingerprint density at radius 3 is 2.30 bits per heavy atom. The Labute approximate surface area is 155 Å². The van der Waals surface area contributed by atoms with Crippen LogP contribution in [0.4, 0.5) is 13.2 Å². The van der Waals surface area contributed by atoms with Gasteiger partial charge in [0, 0.05) is 26.2 Å². The lowest BCUT2D eigenvalue weighted by atomic mass is 10.1. The van der Waals surface area contributed by atoms with Crippen LogP contribution in [0.25, 0.3) is 0 Å². The normalized spacial score (nSPS) is 15.5. The number of carbonyl (C=O) groups excluding carboxylic acids is 1. The second-order valence-corrected chi connectivity index (χ2v) is 6.43. The zero-order chi connectivity index (χ0) is 19.3. The molecule has 1 amide bonds. The van der Waals surface area contributed by atoms with Crippen LogP contribution < -0.4 is 5.32 Å². The maximum Gasteiger partial charge on any atom is 0.417 e. The van der Waals surface area contributed by atoms with Crippen LogP contribution >= 0.6 is 0 Å². The van der Waals surface area contributed by atoms with Gasteiger partial charge in [-0.05, 0) is 23.3 Å². The molecule has 1 N–H and O–H groups in total. The Morgan fingerprint density at radius 2 is 1.63 bits per heavy atom. The molecule has 1 saturated heterocycles. The van der Waals surface area contributed by atoms with E-state index in [0.717, 1.165) is 50.0 Å². The predicted octanol–water partition coefficient (Wildman–Crippen LogP) is 3.47. The Bertz CT molecular complexity index is 770. The van der Waals surface area contributed by atoms with Gasteiger partial charge < -0.3 is 10.1 Å². The minimum Gasteiger partial charge on any atom is -0.379 e. The van der Waals surface area contributed by atoms with Crippen LogP contribution in [0.2, 0.25) is 0 Å². The fourth-order valence-electron chi connectivity index (χ4n) is 2.99. The smallest absolute Gasteiger partial charge is 0.379 e. The van der Waals surface area contributed by atoms with Crippen molar-refractivity contribution in [1.82, 2.24) is 10.2 Å². The Balaban J connectivity index is 1.58. The molecule has 7 heteroatoms. The molecule has 27 heavy (non-hydrogen) atoms.